The number of anilines is 2. The number of hydrazine groups is 1. The van der Waals surface area contributed by atoms with Gasteiger partial charge in [-0.05, 0) is 34.7 Å². The minimum Gasteiger partial charge on any atom is -0.366 e. The SMILES string of the molecule is CCC1CCCCC1Nc1ncnc(NN)c1Br. The monoisotopic (exact) mass is 313 g/mol. The fourth-order valence-corrected chi connectivity index (χ4v) is 3.07. The molecule has 1 fully saturated rings. The quantitative estimate of drug-likeness (QED) is 0.588. The number of aromatic nitrogens is 2. The summed E-state index contributed by atoms with van der Waals surface area (Å²) in [6.45, 7) is 2.26. The molecule has 0 bridgehead atoms. The highest BCUT2D eigenvalue weighted by molar-refractivity contribution is 9.10. The number of nitrogens with zero attached hydrogens (tertiary/aromatic N) is 2. The molecule has 0 amide bonds. The molecule has 0 radical (unpaired) electrons. The van der Waals surface area contributed by atoms with Crippen LogP contribution in [0.2, 0.25) is 0 Å². The maximum absolute atomic E-state index is 5.41. The highest BCUT2D eigenvalue weighted by Gasteiger charge is 2.24. The standard InChI is InChI=1S/C12H20BrN5/c1-2-8-5-3-4-6-9(8)17-11-10(13)12(18-14)16-7-15-11/h7-9H,2-6,14H2,1H3,(H2,15,16,17,18). The van der Waals surface area contributed by atoms with Gasteiger partial charge in [0.05, 0.1) is 0 Å². The van der Waals surface area contributed by atoms with Crippen LogP contribution in [-0.4, -0.2) is 16.0 Å². The second-order valence-electron chi connectivity index (χ2n) is 4.73. The Bertz CT molecular complexity index is 398. The molecule has 1 aliphatic carbocycles. The van der Waals surface area contributed by atoms with Gasteiger partial charge in [0.1, 0.15) is 16.6 Å². The van der Waals surface area contributed by atoms with Crippen LogP contribution >= 0.6 is 15.9 Å². The zero-order valence-electron chi connectivity index (χ0n) is 10.6. The first kappa shape index (κ1) is 13.5. The van der Waals surface area contributed by atoms with Crippen molar-refractivity contribution in [2.45, 2.75) is 45.1 Å². The van der Waals surface area contributed by atoms with Crippen molar-refractivity contribution >= 4 is 27.6 Å². The molecule has 2 rings (SSSR count). The molecule has 1 aliphatic rings. The molecule has 100 valence electrons. The third-order valence-electron chi connectivity index (χ3n) is 3.68. The van der Waals surface area contributed by atoms with Crippen LogP contribution in [0.25, 0.3) is 0 Å². The molecular formula is C12H20BrN5. The lowest BCUT2D eigenvalue weighted by molar-refractivity contribution is 0.316. The van der Waals surface area contributed by atoms with Gasteiger partial charge in [-0.15, -0.1) is 0 Å². The lowest BCUT2D eigenvalue weighted by atomic mass is 9.83. The topological polar surface area (TPSA) is 75.9 Å². The van der Waals surface area contributed by atoms with Gasteiger partial charge in [0.25, 0.3) is 0 Å². The van der Waals surface area contributed by atoms with Crippen LogP contribution in [0.1, 0.15) is 39.0 Å². The van der Waals surface area contributed by atoms with E-state index in [0.717, 1.165) is 16.2 Å². The van der Waals surface area contributed by atoms with Gasteiger partial charge in [-0.2, -0.15) is 0 Å². The Morgan fingerprint density at radius 3 is 2.78 bits per heavy atom. The summed E-state index contributed by atoms with van der Waals surface area (Å²) in [4.78, 5) is 8.34. The number of nitrogens with one attached hydrogen (secondary N) is 2. The van der Waals surface area contributed by atoms with Crippen LogP contribution in [-0.2, 0) is 0 Å². The fourth-order valence-electron chi connectivity index (χ4n) is 2.63. The van der Waals surface area contributed by atoms with Gasteiger partial charge in [0, 0.05) is 6.04 Å². The van der Waals surface area contributed by atoms with Gasteiger partial charge in [0.15, 0.2) is 5.82 Å². The van der Waals surface area contributed by atoms with Crippen LogP contribution < -0.4 is 16.6 Å². The molecule has 6 heteroatoms. The number of nitrogen functional groups attached to an aromatic ring is 1. The van der Waals surface area contributed by atoms with Crippen LogP contribution in [0.3, 0.4) is 0 Å². The molecule has 0 saturated heterocycles. The van der Waals surface area contributed by atoms with Crippen molar-refractivity contribution in [2.24, 2.45) is 11.8 Å². The molecule has 1 heterocycles. The number of rotatable bonds is 4. The summed E-state index contributed by atoms with van der Waals surface area (Å²) in [6.07, 6.45) is 7.88. The number of nitrogens with two attached hydrogens (primary N) is 1. The molecule has 2 unspecified atom stereocenters. The Labute approximate surface area is 116 Å². The van der Waals surface area contributed by atoms with E-state index < -0.39 is 0 Å². The lowest BCUT2D eigenvalue weighted by Gasteiger charge is -2.32. The van der Waals surface area contributed by atoms with Crippen molar-refractivity contribution in [3.8, 4) is 0 Å². The molecule has 18 heavy (non-hydrogen) atoms. The summed E-state index contributed by atoms with van der Waals surface area (Å²) in [7, 11) is 0. The van der Waals surface area contributed by atoms with Crippen molar-refractivity contribution in [2.75, 3.05) is 10.7 Å². The fraction of sp³-hybridized carbons (Fsp3) is 0.667. The van der Waals surface area contributed by atoms with Crippen LogP contribution in [0.5, 0.6) is 0 Å². The van der Waals surface area contributed by atoms with Gasteiger partial charge < -0.3 is 10.7 Å². The first-order valence-corrected chi connectivity index (χ1v) is 7.29. The van der Waals surface area contributed by atoms with Gasteiger partial charge in [-0.1, -0.05) is 26.2 Å². The van der Waals surface area contributed by atoms with E-state index in [1.54, 1.807) is 0 Å². The minimum absolute atomic E-state index is 0.501. The normalized spacial score (nSPS) is 23.7. The summed E-state index contributed by atoms with van der Waals surface area (Å²) in [6, 6.07) is 0.501. The Morgan fingerprint density at radius 2 is 2.06 bits per heavy atom. The number of halogens is 1. The second-order valence-corrected chi connectivity index (χ2v) is 5.53. The van der Waals surface area contributed by atoms with Gasteiger partial charge in [-0.3, -0.25) is 0 Å². The molecule has 0 spiro atoms. The van der Waals surface area contributed by atoms with Crippen molar-refractivity contribution in [1.82, 2.24) is 9.97 Å². The molecular weight excluding hydrogens is 294 g/mol. The van der Waals surface area contributed by atoms with Crippen LogP contribution in [0.15, 0.2) is 10.8 Å². The summed E-state index contributed by atoms with van der Waals surface area (Å²) < 4.78 is 0.799. The molecule has 2 atom stereocenters. The third-order valence-corrected chi connectivity index (χ3v) is 4.43. The predicted molar refractivity (Wildman–Crippen MR) is 77.2 cm³/mol. The highest BCUT2D eigenvalue weighted by Crippen LogP contribution is 2.32. The predicted octanol–water partition coefficient (Wildman–Crippen LogP) is 2.91. The first-order chi connectivity index (χ1) is 8.76. The van der Waals surface area contributed by atoms with E-state index in [-0.39, 0.29) is 0 Å². The number of hydrogen-bond acceptors (Lipinski definition) is 5. The minimum atomic E-state index is 0.501. The maximum Gasteiger partial charge on any atom is 0.159 e. The molecule has 1 aromatic heterocycles. The molecule has 0 aromatic carbocycles. The maximum atomic E-state index is 5.41. The molecule has 5 nitrogen and oxygen atoms in total. The van der Waals surface area contributed by atoms with Gasteiger partial charge >= 0.3 is 0 Å². The van der Waals surface area contributed by atoms with Gasteiger partial charge in [-0.25, -0.2) is 15.8 Å². The van der Waals surface area contributed by atoms with Crippen LogP contribution in [0.4, 0.5) is 11.6 Å². The summed E-state index contributed by atoms with van der Waals surface area (Å²) >= 11 is 3.48. The zero-order chi connectivity index (χ0) is 13.0. The molecule has 0 aliphatic heterocycles. The van der Waals surface area contributed by atoms with E-state index in [4.69, 9.17) is 5.84 Å². The molecule has 1 saturated carbocycles. The summed E-state index contributed by atoms with van der Waals surface area (Å²) in [5.74, 6) is 7.57. The first-order valence-electron chi connectivity index (χ1n) is 6.50. The Morgan fingerprint density at radius 1 is 1.33 bits per heavy atom. The largest absolute Gasteiger partial charge is 0.366 e. The van der Waals surface area contributed by atoms with Crippen molar-refractivity contribution in [1.29, 1.82) is 0 Å². The van der Waals surface area contributed by atoms with Gasteiger partial charge in [0.2, 0.25) is 0 Å². The Hall–Kier alpha value is -0.880. The van der Waals surface area contributed by atoms with Crippen molar-refractivity contribution in [3.63, 3.8) is 0 Å². The Balaban J connectivity index is 2.12. The lowest BCUT2D eigenvalue weighted by Crippen LogP contribution is -2.32. The van der Waals surface area contributed by atoms with E-state index in [1.165, 1.54) is 38.4 Å². The zero-order valence-corrected chi connectivity index (χ0v) is 12.2. The second kappa shape index (κ2) is 6.33. The van der Waals surface area contributed by atoms with E-state index in [9.17, 15) is 0 Å². The third kappa shape index (κ3) is 2.92. The van der Waals surface area contributed by atoms with Crippen molar-refractivity contribution in [3.05, 3.63) is 10.8 Å². The van der Waals surface area contributed by atoms with E-state index in [2.05, 4.69) is 43.6 Å². The van der Waals surface area contributed by atoms with Crippen LogP contribution in [0, 0.1) is 5.92 Å². The molecule has 4 N–H and O–H groups in total. The number of hydrogen-bond donors (Lipinski definition) is 3. The Kier molecular flexibility index (Phi) is 4.77. The summed E-state index contributed by atoms with van der Waals surface area (Å²) in [5, 5.41) is 3.53. The highest BCUT2D eigenvalue weighted by atomic mass is 79.9. The molecule has 1 aromatic rings. The van der Waals surface area contributed by atoms with E-state index in [0.29, 0.717) is 11.9 Å². The summed E-state index contributed by atoms with van der Waals surface area (Å²) in [5.41, 5.74) is 2.56. The van der Waals surface area contributed by atoms with E-state index >= 15 is 0 Å². The average molecular weight is 314 g/mol. The average Bonchev–Trinajstić information content (AvgIpc) is 2.42. The smallest absolute Gasteiger partial charge is 0.159 e. The van der Waals surface area contributed by atoms with E-state index in [1.807, 2.05) is 0 Å². The van der Waals surface area contributed by atoms with Crippen molar-refractivity contribution < 1.29 is 0 Å².